The van der Waals surface area contributed by atoms with Crippen molar-refractivity contribution in [2.24, 2.45) is 0 Å². The molecule has 168 valence electrons. The molecule has 0 saturated carbocycles. The molecule has 2 aromatic carbocycles. The molecule has 1 amide bonds. The molecular formula is C24H27IN4O2S. The lowest BCUT2D eigenvalue weighted by Gasteiger charge is -2.08. The SMILES string of the molecule is C=CCn1c(CCc2ccc(I)cc2)nnc1SCCC(=O)NCc1ccc(OC)cc1. The smallest absolute Gasteiger partial charge is 0.221 e. The summed E-state index contributed by atoms with van der Waals surface area (Å²) in [6.07, 6.45) is 3.98. The van der Waals surface area contributed by atoms with E-state index in [9.17, 15) is 4.79 Å². The number of carbonyl (C=O) groups is 1. The first-order valence-electron chi connectivity index (χ1n) is 10.4. The Morgan fingerprint density at radius 2 is 1.84 bits per heavy atom. The molecule has 1 heterocycles. The fourth-order valence-corrected chi connectivity index (χ4v) is 4.36. The highest BCUT2D eigenvalue weighted by Crippen LogP contribution is 2.19. The van der Waals surface area contributed by atoms with Crippen molar-refractivity contribution >= 4 is 40.3 Å². The van der Waals surface area contributed by atoms with Gasteiger partial charge in [-0.15, -0.1) is 16.8 Å². The van der Waals surface area contributed by atoms with E-state index in [2.05, 4.69) is 73.5 Å². The molecule has 0 saturated heterocycles. The number of amides is 1. The van der Waals surface area contributed by atoms with Gasteiger partial charge in [-0.3, -0.25) is 4.79 Å². The van der Waals surface area contributed by atoms with E-state index in [1.807, 2.05) is 30.3 Å². The van der Waals surface area contributed by atoms with Crippen LogP contribution in [0.3, 0.4) is 0 Å². The third-order valence-corrected chi connectivity index (χ3v) is 6.55. The van der Waals surface area contributed by atoms with Crippen molar-refractivity contribution in [1.82, 2.24) is 20.1 Å². The molecule has 1 N–H and O–H groups in total. The lowest BCUT2D eigenvalue weighted by molar-refractivity contribution is -0.120. The number of aromatic nitrogens is 3. The molecule has 6 nitrogen and oxygen atoms in total. The van der Waals surface area contributed by atoms with E-state index < -0.39 is 0 Å². The zero-order valence-corrected chi connectivity index (χ0v) is 21.1. The molecule has 1 aromatic heterocycles. The summed E-state index contributed by atoms with van der Waals surface area (Å²) >= 11 is 3.86. The Balaban J connectivity index is 1.47. The van der Waals surface area contributed by atoms with Crippen molar-refractivity contribution in [3.05, 3.63) is 81.7 Å². The van der Waals surface area contributed by atoms with Gasteiger partial charge in [0.25, 0.3) is 0 Å². The second kappa shape index (κ2) is 12.6. The van der Waals surface area contributed by atoms with Gasteiger partial charge in [0.15, 0.2) is 5.16 Å². The molecule has 0 radical (unpaired) electrons. The van der Waals surface area contributed by atoms with Crippen molar-refractivity contribution in [3.8, 4) is 5.75 Å². The van der Waals surface area contributed by atoms with E-state index in [1.165, 1.54) is 9.13 Å². The number of aryl methyl sites for hydroxylation is 2. The van der Waals surface area contributed by atoms with E-state index in [0.717, 1.165) is 35.1 Å². The minimum Gasteiger partial charge on any atom is -0.497 e. The fourth-order valence-electron chi connectivity index (χ4n) is 3.10. The van der Waals surface area contributed by atoms with Gasteiger partial charge in [-0.05, 0) is 64.4 Å². The van der Waals surface area contributed by atoms with Crippen molar-refractivity contribution in [3.63, 3.8) is 0 Å². The highest BCUT2D eigenvalue weighted by Gasteiger charge is 2.13. The molecular weight excluding hydrogens is 535 g/mol. The Bertz CT molecular complexity index is 1020. The summed E-state index contributed by atoms with van der Waals surface area (Å²) in [7, 11) is 1.64. The van der Waals surface area contributed by atoms with Crippen molar-refractivity contribution in [1.29, 1.82) is 0 Å². The molecule has 0 bridgehead atoms. The summed E-state index contributed by atoms with van der Waals surface area (Å²) in [6.45, 7) is 5.02. The van der Waals surface area contributed by atoms with Crippen LogP contribution in [0, 0.1) is 3.57 Å². The molecule has 0 atom stereocenters. The van der Waals surface area contributed by atoms with Gasteiger partial charge in [0, 0.05) is 35.3 Å². The Labute approximate surface area is 207 Å². The van der Waals surface area contributed by atoms with Crippen LogP contribution in [0.25, 0.3) is 0 Å². The van der Waals surface area contributed by atoms with Gasteiger partial charge < -0.3 is 14.6 Å². The Morgan fingerprint density at radius 3 is 2.53 bits per heavy atom. The molecule has 0 fully saturated rings. The molecule has 0 aliphatic carbocycles. The summed E-state index contributed by atoms with van der Waals surface area (Å²) in [5, 5.41) is 12.5. The number of carbonyl (C=O) groups excluding carboxylic acids is 1. The third-order valence-electron chi connectivity index (χ3n) is 4.86. The van der Waals surface area contributed by atoms with Gasteiger partial charge in [-0.2, -0.15) is 0 Å². The van der Waals surface area contributed by atoms with Gasteiger partial charge in [-0.25, -0.2) is 0 Å². The molecule has 3 aromatic rings. The predicted octanol–water partition coefficient (Wildman–Crippen LogP) is 4.66. The molecule has 32 heavy (non-hydrogen) atoms. The minimum atomic E-state index is 0.0158. The first kappa shape index (κ1) is 24.3. The number of allylic oxidation sites excluding steroid dienone is 1. The highest BCUT2D eigenvalue weighted by molar-refractivity contribution is 14.1. The lowest BCUT2D eigenvalue weighted by Crippen LogP contribution is -2.23. The van der Waals surface area contributed by atoms with Crippen molar-refractivity contribution < 1.29 is 9.53 Å². The van der Waals surface area contributed by atoms with Crippen molar-refractivity contribution in [2.75, 3.05) is 12.9 Å². The zero-order valence-electron chi connectivity index (χ0n) is 18.1. The predicted molar refractivity (Wildman–Crippen MR) is 137 cm³/mol. The van der Waals surface area contributed by atoms with Crippen molar-refractivity contribution in [2.45, 2.75) is 37.5 Å². The van der Waals surface area contributed by atoms with Gasteiger partial charge in [0.05, 0.1) is 7.11 Å². The molecule has 0 unspecified atom stereocenters. The molecule has 0 aliphatic rings. The number of ether oxygens (including phenoxy) is 1. The Hall–Kier alpha value is -2.33. The summed E-state index contributed by atoms with van der Waals surface area (Å²) in [6, 6.07) is 16.2. The number of nitrogens with one attached hydrogen (secondary N) is 1. The topological polar surface area (TPSA) is 69.0 Å². The maximum absolute atomic E-state index is 12.2. The van der Waals surface area contributed by atoms with E-state index in [-0.39, 0.29) is 5.91 Å². The Morgan fingerprint density at radius 1 is 1.12 bits per heavy atom. The maximum Gasteiger partial charge on any atom is 0.221 e. The van der Waals surface area contributed by atoms with Crippen LogP contribution < -0.4 is 10.1 Å². The van der Waals surface area contributed by atoms with Crippen LogP contribution in [0.2, 0.25) is 0 Å². The second-order valence-electron chi connectivity index (χ2n) is 7.15. The van der Waals surface area contributed by atoms with Gasteiger partial charge in [-0.1, -0.05) is 42.1 Å². The molecule has 0 spiro atoms. The summed E-state index contributed by atoms with van der Waals surface area (Å²) in [5.74, 6) is 2.40. The second-order valence-corrected chi connectivity index (χ2v) is 9.46. The average Bonchev–Trinajstić information content (AvgIpc) is 3.19. The van der Waals surface area contributed by atoms with Crippen LogP contribution in [-0.4, -0.2) is 33.5 Å². The number of hydrogen-bond donors (Lipinski definition) is 1. The van der Waals surface area contributed by atoms with E-state index in [4.69, 9.17) is 4.74 Å². The van der Waals surface area contributed by atoms with Crippen LogP contribution in [0.1, 0.15) is 23.4 Å². The first-order valence-corrected chi connectivity index (χ1v) is 12.5. The maximum atomic E-state index is 12.2. The summed E-state index contributed by atoms with van der Waals surface area (Å²) in [4.78, 5) is 12.2. The van der Waals surface area contributed by atoms with Crippen LogP contribution in [0.15, 0.2) is 66.3 Å². The zero-order chi connectivity index (χ0) is 22.8. The number of rotatable bonds is 12. The molecule has 3 rings (SSSR count). The van der Waals surface area contributed by atoms with E-state index in [0.29, 0.717) is 25.3 Å². The fraction of sp³-hybridized carbons (Fsp3) is 0.292. The standard InChI is InChI=1S/C24H27IN4O2S/c1-3-15-29-22(13-8-18-4-9-20(25)10-5-18)27-28-24(29)32-16-14-23(30)26-17-19-6-11-21(31-2)12-7-19/h3-7,9-12H,1,8,13-17H2,2H3,(H,26,30). The summed E-state index contributed by atoms with van der Waals surface area (Å²) in [5.41, 5.74) is 2.32. The number of thioether (sulfide) groups is 1. The molecule has 0 aliphatic heterocycles. The van der Waals surface area contributed by atoms with Crippen LogP contribution >= 0.6 is 34.4 Å². The van der Waals surface area contributed by atoms with Gasteiger partial charge in [0.1, 0.15) is 11.6 Å². The number of benzene rings is 2. The highest BCUT2D eigenvalue weighted by atomic mass is 127. The largest absolute Gasteiger partial charge is 0.497 e. The Kier molecular flexibility index (Phi) is 9.61. The molecule has 8 heteroatoms. The minimum absolute atomic E-state index is 0.0158. The van der Waals surface area contributed by atoms with Gasteiger partial charge >= 0.3 is 0 Å². The number of nitrogens with zero attached hydrogens (tertiary/aromatic N) is 3. The third kappa shape index (κ3) is 7.37. The quantitative estimate of drug-likeness (QED) is 0.198. The van der Waals surface area contributed by atoms with Crippen LogP contribution in [0.4, 0.5) is 0 Å². The van der Waals surface area contributed by atoms with Gasteiger partial charge in [0.2, 0.25) is 5.91 Å². The lowest BCUT2D eigenvalue weighted by atomic mass is 10.1. The average molecular weight is 562 g/mol. The van der Waals surface area contributed by atoms with E-state index >= 15 is 0 Å². The number of methoxy groups -OCH3 is 1. The van der Waals surface area contributed by atoms with E-state index in [1.54, 1.807) is 18.9 Å². The summed E-state index contributed by atoms with van der Waals surface area (Å²) < 4.78 is 8.46. The number of hydrogen-bond acceptors (Lipinski definition) is 5. The number of halogens is 1. The van der Waals surface area contributed by atoms with Crippen LogP contribution in [0.5, 0.6) is 5.75 Å². The normalized spacial score (nSPS) is 10.7. The monoisotopic (exact) mass is 562 g/mol. The first-order chi connectivity index (χ1) is 15.6. The van der Waals surface area contributed by atoms with Crippen LogP contribution in [-0.2, 0) is 30.7 Å².